The van der Waals surface area contributed by atoms with E-state index in [4.69, 9.17) is 10.5 Å². The van der Waals surface area contributed by atoms with E-state index in [2.05, 4.69) is 21.3 Å². The summed E-state index contributed by atoms with van der Waals surface area (Å²) in [6.07, 6.45) is -0.297. The Hall–Kier alpha value is -0.240. The highest BCUT2D eigenvalue weighted by Crippen LogP contribution is 1.84. The van der Waals surface area contributed by atoms with Crippen molar-refractivity contribution in [3.63, 3.8) is 0 Å². The molecule has 6 nitrogen and oxygen atoms in total. The van der Waals surface area contributed by atoms with Gasteiger partial charge in [0.05, 0.1) is 6.17 Å². The Kier molecular flexibility index (Phi) is 7.96. The molecule has 3 atom stereocenters. The third-order valence-corrected chi connectivity index (χ3v) is 1.53. The van der Waals surface area contributed by atoms with Gasteiger partial charge in [-0.25, -0.2) is 6.67 Å². The predicted octanol–water partition coefficient (Wildman–Crippen LogP) is -1.33. The summed E-state index contributed by atoms with van der Waals surface area (Å²) >= 11 is 0. The minimum Gasteiger partial charge on any atom is -0.459 e. The molecule has 86 valence electrons. The molecule has 0 aromatic heterocycles. The van der Waals surface area contributed by atoms with E-state index in [1.54, 1.807) is 13.8 Å². The average molecular weight is 204 g/mol. The molecule has 0 aromatic rings. The summed E-state index contributed by atoms with van der Waals surface area (Å²) in [7, 11) is 3.44. The van der Waals surface area contributed by atoms with E-state index in [-0.39, 0.29) is 18.7 Å². The van der Waals surface area contributed by atoms with Crippen LogP contribution in [-0.4, -0.2) is 32.8 Å². The molecule has 6 N–H and O–H groups in total. The van der Waals surface area contributed by atoms with Crippen molar-refractivity contribution in [3.8, 4) is 0 Å². The Labute approximate surface area is 85.9 Å². The fourth-order valence-corrected chi connectivity index (χ4v) is 0.906. The molecule has 6 heteroatoms. The molecule has 0 amide bonds. The lowest BCUT2D eigenvalue weighted by Crippen LogP contribution is -2.56. The van der Waals surface area contributed by atoms with Crippen LogP contribution in [0, 0.1) is 6.67 Å². The predicted molar refractivity (Wildman–Crippen MR) is 56.7 cm³/mol. The van der Waals surface area contributed by atoms with Crippen LogP contribution in [0.25, 0.3) is 0 Å². The lowest BCUT2D eigenvalue weighted by molar-refractivity contribution is 0.0275. The fourth-order valence-electron chi connectivity index (χ4n) is 0.906. The molecule has 3 unspecified atom stereocenters. The van der Waals surface area contributed by atoms with Crippen molar-refractivity contribution in [2.75, 3.05) is 14.2 Å². The summed E-state index contributed by atoms with van der Waals surface area (Å²) < 4.78 is 5.14. The van der Waals surface area contributed by atoms with E-state index >= 15 is 0 Å². The molecule has 14 heavy (non-hydrogen) atoms. The molecular weight excluding hydrogens is 182 g/mol. The third-order valence-electron chi connectivity index (χ3n) is 1.53. The summed E-state index contributed by atoms with van der Waals surface area (Å²) in [6.45, 7) is 5.57. The van der Waals surface area contributed by atoms with Crippen LogP contribution in [0.15, 0.2) is 0 Å². The molecule has 0 rings (SSSR count). The van der Waals surface area contributed by atoms with E-state index in [1.807, 2.05) is 20.9 Å². The van der Waals surface area contributed by atoms with E-state index in [0.29, 0.717) is 0 Å². The second-order valence-electron chi connectivity index (χ2n) is 3.06. The van der Waals surface area contributed by atoms with Crippen molar-refractivity contribution >= 4 is 0 Å². The van der Waals surface area contributed by atoms with Gasteiger partial charge in [-0.05, 0) is 20.9 Å². The van der Waals surface area contributed by atoms with E-state index < -0.39 is 0 Å². The van der Waals surface area contributed by atoms with Gasteiger partial charge in [0.1, 0.15) is 0 Å². The molecule has 0 bridgehead atoms. The molecule has 0 spiro atoms. The van der Waals surface area contributed by atoms with Gasteiger partial charge in [0.15, 0.2) is 6.35 Å². The first-order chi connectivity index (χ1) is 6.60. The summed E-state index contributed by atoms with van der Waals surface area (Å²) in [6, 6.07) is 0. The maximum absolute atomic E-state index is 5.57. The highest BCUT2D eigenvalue weighted by atomic mass is 16.5. The second-order valence-corrected chi connectivity index (χ2v) is 3.06. The zero-order valence-electron chi connectivity index (χ0n) is 9.29. The van der Waals surface area contributed by atoms with Crippen LogP contribution in [0.1, 0.15) is 13.8 Å². The van der Waals surface area contributed by atoms with Gasteiger partial charge in [-0.2, -0.15) is 0 Å². The second kappa shape index (κ2) is 8.10. The van der Waals surface area contributed by atoms with Crippen molar-refractivity contribution in [1.82, 2.24) is 21.3 Å². The van der Waals surface area contributed by atoms with Crippen molar-refractivity contribution in [2.45, 2.75) is 32.5 Å². The van der Waals surface area contributed by atoms with Crippen LogP contribution < -0.4 is 27.0 Å². The van der Waals surface area contributed by atoms with Gasteiger partial charge in [0, 0.05) is 13.3 Å². The highest BCUT2D eigenvalue weighted by Gasteiger charge is 2.08. The van der Waals surface area contributed by atoms with Crippen LogP contribution >= 0.6 is 0 Å². The van der Waals surface area contributed by atoms with Gasteiger partial charge < -0.3 is 21.1 Å². The molecule has 0 heterocycles. The SMILES string of the molecule is CN[CH-]NC(C)NC(NC(C)N)OC. The Morgan fingerprint density at radius 2 is 1.93 bits per heavy atom. The number of hydrogen-bond donors (Lipinski definition) is 5. The van der Waals surface area contributed by atoms with Crippen molar-refractivity contribution in [2.24, 2.45) is 5.73 Å². The number of nitrogens with one attached hydrogen (secondary N) is 4. The third kappa shape index (κ3) is 7.19. The van der Waals surface area contributed by atoms with Crippen LogP contribution in [0.4, 0.5) is 0 Å². The van der Waals surface area contributed by atoms with Gasteiger partial charge in [-0.3, -0.25) is 10.6 Å². The summed E-state index contributed by atoms with van der Waals surface area (Å²) in [5.41, 5.74) is 5.57. The molecule has 0 aliphatic rings. The molecule has 0 radical (unpaired) electrons. The largest absolute Gasteiger partial charge is 0.459 e. The van der Waals surface area contributed by atoms with Gasteiger partial charge in [-0.15, -0.1) is 0 Å². The zero-order valence-corrected chi connectivity index (χ0v) is 9.29. The Morgan fingerprint density at radius 1 is 1.29 bits per heavy atom. The summed E-state index contributed by atoms with van der Waals surface area (Å²) in [4.78, 5) is 0. The monoisotopic (exact) mass is 204 g/mol. The molecule has 0 saturated heterocycles. The van der Waals surface area contributed by atoms with Crippen LogP contribution in [0.5, 0.6) is 0 Å². The Balaban J connectivity index is 3.68. The lowest BCUT2D eigenvalue weighted by atomic mass is 10.5. The number of ether oxygens (including phenoxy) is 1. The normalized spacial score (nSPS) is 17.8. The van der Waals surface area contributed by atoms with E-state index in [0.717, 1.165) is 0 Å². The van der Waals surface area contributed by atoms with Gasteiger partial charge >= 0.3 is 0 Å². The molecule has 0 aromatic carbocycles. The summed E-state index contributed by atoms with van der Waals surface area (Å²) in [5.74, 6) is 0. The van der Waals surface area contributed by atoms with E-state index in [1.165, 1.54) is 0 Å². The molecule has 0 aliphatic heterocycles. The van der Waals surface area contributed by atoms with Gasteiger partial charge in [0.2, 0.25) is 0 Å². The van der Waals surface area contributed by atoms with Gasteiger partial charge in [-0.1, -0.05) is 0 Å². The first kappa shape index (κ1) is 13.8. The fraction of sp³-hybridized carbons (Fsp3) is 0.875. The number of rotatable bonds is 8. The summed E-state index contributed by atoms with van der Waals surface area (Å²) in [5, 5.41) is 12.1. The van der Waals surface area contributed by atoms with E-state index in [9.17, 15) is 0 Å². The first-order valence-corrected chi connectivity index (χ1v) is 4.65. The van der Waals surface area contributed by atoms with Crippen LogP contribution in [0.2, 0.25) is 0 Å². The number of nitrogens with two attached hydrogens (primary N) is 1. The van der Waals surface area contributed by atoms with Crippen molar-refractivity contribution in [3.05, 3.63) is 6.67 Å². The maximum Gasteiger partial charge on any atom is 0.165 e. The van der Waals surface area contributed by atoms with Crippen molar-refractivity contribution < 1.29 is 4.74 Å². The number of methoxy groups -OCH3 is 1. The molecular formula is C8H22N5O-. The zero-order chi connectivity index (χ0) is 11.0. The highest BCUT2D eigenvalue weighted by molar-refractivity contribution is 4.66. The van der Waals surface area contributed by atoms with Crippen LogP contribution in [0.3, 0.4) is 0 Å². The minimum atomic E-state index is -0.261. The van der Waals surface area contributed by atoms with Gasteiger partial charge in [0.25, 0.3) is 0 Å². The Bertz CT molecular complexity index is 133. The molecule has 0 aliphatic carbocycles. The average Bonchev–Trinajstić information content (AvgIpc) is 2.12. The van der Waals surface area contributed by atoms with Crippen molar-refractivity contribution in [1.29, 1.82) is 0 Å². The first-order valence-electron chi connectivity index (χ1n) is 4.65. The maximum atomic E-state index is 5.57. The smallest absolute Gasteiger partial charge is 0.165 e. The van der Waals surface area contributed by atoms with Crippen LogP contribution in [-0.2, 0) is 4.74 Å². The quantitative estimate of drug-likeness (QED) is 0.249. The number of hydrogen-bond acceptors (Lipinski definition) is 6. The standard InChI is InChI=1S/C8H22N5O/c1-6(9)12-8(14-4)13-7(2)11-5-10-3/h5-8,10-13H,9H2,1-4H3/q-1. The molecule has 0 saturated carbocycles. The lowest BCUT2D eigenvalue weighted by Gasteiger charge is -2.28. The Morgan fingerprint density at radius 3 is 2.36 bits per heavy atom. The molecule has 0 fully saturated rings. The minimum absolute atomic E-state index is 0.0821. The topological polar surface area (TPSA) is 83.4 Å².